The van der Waals surface area contributed by atoms with Gasteiger partial charge < -0.3 is 14.2 Å². The van der Waals surface area contributed by atoms with Crippen LogP contribution in [0.2, 0.25) is 0 Å². The molecule has 1 rings (SSSR count). The third-order valence-corrected chi connectivity index (χ3v) is 2.98. The molecule has 5 nitrogen and oxygen atoms in total. The van der Waals surface area contributed by atoms with Crippen molar-refractivity contribution in [2.75, 3.05) is 19.8 Å². The summed E-state index contributed by atoms with van der Waals surface area (Å²) >= 11 is 0. The van der Waals surface area contributed by atoms with Crippen LogP contribution in [-0.2, 0) is 30.4 Å². The lowest BCUT2D eigenvalue weighted by molar-refractivity contribution is -0.175. The second kappa shape index (κ2) is 9.15. The van der Waals surface area contributed by atoms with Crippen molar-refractivity contribution in [1.82, 2.24) is 0 Å². The SMILES string of the molecule is CCOC(=O)C(F)(CC)C(=O)OCCOCc1ccccc1. The molecule has 1 aromatic rings. The summed E-state index contributed by atoms with van der Waals surface area (Å²) in [4.78, 5) is 23.2. The Labute approximate surface area is 129 Å². The molecule has 1 atom stereocenters. The maximum atomic E-state index is 14.3. The maximum absolute atomic E-state index is 14.3. The summed E-state index contributed by atoms with van der Waals surface area (Å²) in [5.74, 6) is -2.45. The standard InChI is InChI=1S/C16H21FO5/c1-3-16(17,14(18)21-4-2)15(19)22-11-10-20-12-13-8-6-5-7-9-13/h5-9H,3-4,10-12H2,1-2H3. The van der Waals surface area contributed by atoms with E-state index in [0.717, 1.165) is 5.56 Å². The molecule has 0 amide bonds. The molecule has 0 aromatic heterocycles. The number of esters is 2. The molecule has 0 aliphatic carbocycles. The van der Waals surface area contributed by atoms with E-state index < -0.39 is 17.6 Å². The summed E-state index contributed by atoms with van der Waals surface area (Å²) in [7, 11) is 0. The quantitative estimate of drug-likeness (QED) is 0.398. The summed E-state index contributed by atoms with van der Waals surface area (Å²) in [6, 6.07) is 9.46. The predicted molar refractivity (Wildman–Crippen MR) is 77.8 cm³/mol. The van der Waals surface area contributed by atoms with Gasteiger partial charge in [0.15, 0.2) is 0 Å². The van der Waals surface area contributed by atoms with Gasteiger partial charge in [0.2, 0.25) is 0 Å². The number of rotatable bonds is 9. The van der Waals surface area contributed by atoms with E-state index in [1.807, 2.05) is 30.3 Å². The summed E-state index contributed by atoms with van der Waals surface area (Å²) in [5, 5.41) is 0. The van der Waals surface area contributed by atoms with Crippen LogP contribution in [-0.4, -0.2) is 37.4 Å². The van der Waals surface area contributed by atoms with E-state index in [1.165, 1.54) is 13.8 Å². The van der Waals surface area contributed by atoms with E-state index in [2.05, 4.69) is 4.74 Å². The number of carbonyl (C=O) groups is 2. The number of hydrogen-bond acceptors (Lipinski definition) is 5. The number of ether oxygens (including phenoxy) is 3. The van der Waals surface area contributed by atoms with Crippen LogP contribution in [0.25, 0.3) is 0 Å². The topological polar surface area (TPSA) is 61.8 Å². The van der Waals surface area contributed by atoms with Crippen LogP contribution in [0.4, 0.5) is 4.39 Å². The lowest BCUT2D eigenvalue weighted by atomic mass is 10.0. The van der Waals surface area contributed by atoms with Crippen molar-refractivity contribution in [3.05, 3.63) is 35.9 Å². The highest BCUT2D eigenvalue weighted by Crippen LogP contribution is 2.20. The van der Waals surface area contributed by atoms with Gasteiger partial charge in [-0.25, -0.2) is 14.0 Å². The molecule has 0 saturated heterocycles. The van der Waals surface area contributed by atoms with Crippen molar-refractivity contribution >= 4 is 11.9 Å². The minimum absolute atomic E-state index is 0.00201. The fourth-order valence-corrected chi connectivity index (χ4v) is 1.69. The van der Waals surface area contributed by atoms with Crippen LogP contribution in [0.5, 0.6) is 0 Å². The highest BCUT2D eigenvalue weighted by Gasteiger charge is 2.48. The average molecular weight is 312 g/mol. The molecule has 1 aromatic carbocycles. The predicted octanol–water partition coefficient (Wildman–Crippen LogP) is 2.43. The smallest absolute Gasteiger partial charge is 0.355 e. The lowest BCUT2D eigenvalue weighted by Gasteiger charge is -2.19. The Morgan fingerprint density at radius 2 is 1.68 bits per heavy atom. The van der Waals surface area contributed by atoms with Crippen LogP contribution < -0.4 is 0 Å². The number of carbonyl (C=O) groups excluding carboxylic acids is 2. The van der Waals surface area contributed by atoms with Crippen LogP contribution in [0.3, 0.4) is 0 Å². The zero-order valence-electron chi connectivity index (χ0n) is 12.8. The Bertz CT molecular complexity index is 477. The zero-order chi connectivity index (χ0) is 16.4. The Kier molecular flexibility index (Phi) is 7.52. The molecule has 0 fully saturated rings. The average Bonchev–Trinajstić information content (AvgIpc) is 2.54. The zero-order valence-corrected chi connectivity index (χ0v) is 12.8. The molecule has 0 heterocycles. The second-order valence-corrected chi connectivity index (χ2v) is 4.55. The van der Waals surface area contributed by atoms with Crippen molar-refractivity contribution in [2.45, 2.75) is 32.5 Å². The molecule has 0 radical (unpaired) electrons. The van der Waals surface area contributed by atoms with E-state index in [1.54, 1.807) is 0 Å². The first-order valence-electron chi connectivity index (χ1n) is 7.19. The first-order chi connectivity index (χ1) is 10.5. The molecule has 0 spiro atoms. The van der Waals surface area contributed by atoms with Crippen LogP contribution >= 0.6 is 0 Å². The highest BCUT2D eigenvalue weighted by molar-refractivity contribution is 6.03. The van der Waals surface area contributed by atoms with Gasteiger partial charge in [-0.2, -0.15) is 0 Å². The minimum atomic E-state index is -2.75. The lowest BCUT2D eigenvalue weighted by Crippen LogP contribution is -2.44. The van der Waals surface area contributed by atoms with Gasteiger partial charge in [0.25, 0.3) is 0 Å². The minimum Gasteiger partial charge on any atom is -0.463 e. The third kappa shape index (κ3) is 5.11. The molecule has 0 N–H and O–H groups in total. The number of hydrogen-bond donors (Lipinski definition) is 0. The van der Waals surface area contributed by atoms with E-state index in [4.69, 9.17) is 9.47 Å². The summed E-state index contributed by atoms with van der Waals surface area (Å²) in [6.45, 7) is 3.27. The molecule has 0 saturated carbocycles. The largest absolute Gasteiger partial charge is 0.463 e. The van der Waals surface area contributed by atoms with Gasteiger partial charge in [-0.3, -0.25) is 0 Å². The number of alkyl halides is 1. The van der Waals surface area contributed by atoms with Crippen LogP contribution in [0.1, 0.15) is 25.8 Å². The molecular formula is C16H21FO5. The summed E-state index contributed by atoms with van der Waals surface area (Å²) < 4.78 is 28.9. The van der Waals surface area contributed by atoms with E-state index in [9.17, 15) is 14.0 Å². The van der Waals surface area contributed by atoms with Gasteiger partial charge in [0.05, 0.1) is 19.8 Å². The summed E-state index contributed by atoms with van der Waals surface area (Å²) in [5.41, 5.74) is -1.77. The maximum Gasteiger partial charge on any atom is 0.355 e. The van der Waals surface area contributed by atoms with Crippen molar-refractivity contribution in [2.24, 2.45) is 0 Å². The van der Waals surface area contributed by atoms with E-state index in [-0.39, 0.29) is 26.2 Å². The van der Waals surface area contributed by atoms with Gasteiger partial charge in [-0.1, -0.05) is 37.3 Å². The third-order valence-electron chi connectivity index (χ3n) is 2.98. The van der Waals surface area contributed by atoms with Crippen molar-refractivity contribution in [1.29, 1.82) is 0 Å². The number of halogens is 1. The van der Waals surface area contributed by atoms with E-state index in [0.29, 0.717) is 6.61 Å². The van der Waals surface area contributed by atoms with Gasteiger partial charge in [0, 0.05) is 6.42 Å². The summed E-state index contributed by atoms with van der Waals surface area (Å²) in [6.07, 6.45) is -0.338. The molecule has 22 heavy (non-hydrogen) atoms. The molecule has 0 aliphatic heterocycles. The Morgan fingerprint density at radius 1 is 1.05 bits per heavy atom. The fraction of sp³-hybridized carbons (Fsp3) is 0.500. The monoisotopic (exact) mass is 312 g/mol. The second-order valence-electron chi connectivity index (χ2n) is 4.55. The highest BCUT2D eigenvalue weighted by atomic mass is 19.1. The normalized spacial score (nSPS) is 13.2. The molecule has 0 aliphatic rings. The van der Waals surface area contributed by atoms with Crippen LogP contribution in [0, 0.1) is 0 Å². The molecule has 1 unspecified atom stereocenters. The Hall–Kier alpha value is -1.95. The van der Waals surface area contributed by atoms with Crippen molar-refractivity contribution < 1.29 is 28.2 Å². The van der Waals surface area contributed by atoms with Crippen LogP contribution in [0.15, 0.2) is 30.3 Å². The van der Waals surface area contributed by atoms with E-state index >= 15 is 0 Å². The molecule has 6 heteroatoms. The Morgan fingerprint density at radius 3 is 2.27 bits per heavy atom. The van der Waals surface area contributed by atoms with Gasteiger partial charge in [0.1, 0.15) is 6.61 Å². The van der Waals surface area contributed by atoms with Gasteiger partial charge in [-0.15, -0.1) is 0 Å². The number of benzene rings is 1. The van der Waals surface area contributed by atoms with Crippen molar-refractivity contribution in [3.63, 3.8) is 0 Å². The fourth-order valence-electron chi connectivity index (χ4n) is 1.69. The molecular weight excluding hydrogens is 291 g/mol. The van der Waals surface area contributed by atoms with Gasteiger partial charge >= 0.3 is 17.6 Å². The molecule has 0 bridgehead atoms. The Balaban J connectivity index is 2.33. The molecule has 122 valence electrons. The van der Waals surface area contributed by atoms with Crippen molar-refractivity contribution in [3.8, 4) is 0 Å². The van der Waals surface area contributed by atoms with Gasteiger partial charge in [-0.05, 0) is 12.5 Å². The first kappa shape index (κ1) is 18.1. The first-order valence-corrected chi connectivity index (χ1v) is 7.19.